The number of alkyl halides is 1. The summed E-state index contributed by atoms with van der Waals surface area (Å²) in [4.78, 5) is 0. The second-order valence-corrected chi connectivity index (χ2v) is 3.33. The summed E-state index contributed by atoms with van der Waals surface area (Å²) in [5.74, 6) is 0.818. The van der Waals surface area contributed by atoms with E-state index in [4.69, 9.17) is 16.3 Å². The van der Waals surface area contributed by atoms with Gasteiger partial charge in [-0.05, 0) is 11.6 Å². The second kappa shape index (κ2) is 4.85. The Balaban J connectivity index is 2.43. The maximum absolute atomic E-state index is 5.57. The molecule has 0 unspecified atom stereocenters. The minimum absolute atomic E-state index is 0.170. The molecule has 0 heterocycles. The van der Waals surface area contributed by atoms with E-state index < -0.39 is 0 Å². The summed E-state index contributed by atoms with van der Waals surface area (Å²) in [5.41, 5.74) is 2.21. The fraction of sp³-hybridized carbons (Fsp3) is 0.0769. The van der Waals surface area contributed by atoms with Crippen LogP contribution in [0.5, 0.6) is 5.75 Å². The van der Waals surface area contributed by atoms with Gasteiger partial charge in [0.05, 0.1) is 0 Å². The van der Waals surface area contributed by atoms with Crippen molar-refractivity contribution in [3.05, 3.63) is 54.6 Å². The van der Waals surface area contributed by atoms with Crippen molar-refractivity contribution in [1.82, 2.24) is 0 Å². The molecule has 15 heavy (non-hydrogen) atoms. The predicted octanol–water partition coefficient (Wildman–Crippen LogP) is 3.93. The monoisotopic (exact) mass is 218 g/mol. The van der Waals surface area contributed by atoms with Gasteiger partial charge in [-0.25, -0.2) is 0 Å². The van der Waals surface area contributed by atoms with Gasteiger partial charge >= 0.3 is 0 Å². The molecule has 0 aromatic heterocycles. The van der Waals surface area contributed by atoms with Crippen molar-refractivity contribution in [3.8, 4) is 16.9 Å². The standard InChI is InChI=1S/C13H11ClO/c14-10-15-13-9-5-4-8-12(13)11-6-2-1-3-7-11/h1-9H,10H2. The Kier molecular flexibility index (Phi) is 3.25. The third-order valence-electron chi connectivity index (χ3n) is 2.18. The van der Waals surface area contributed by atoms with Crippen LogP contribution in [0.3, 0.4) is 0 Å². The van der Waals surface area contributed by atoms with Crippen LogP contribution >= 0.6 is 11.6 Å². The molecule has 0 saturated heterocycles. The summed E-state index contributed by atoms with van der Waals surface area (Å²) in [6, 6.07) is 18.2. The molecule has 0 spiro atoms. The van der Waals surface area contributed by atoms with E-state index in [0.717, 1.165) is 16.9 Å². The molecule has 0 radical (unpaired) electrons. The highest BCUT2D eigenvalue weighted by Gasteiger charge is 2.03. The van der Waals surface area contributed by atoms with Crippen molar-refractivity contribution in [1.29, 1.82) is 0 Å². The van der Waals surface area contributed by atoms with E-state index in [2.05, 4.69) is 12.1 Å². The van der Waals surface area contributed by atoms with Crippen LogP contribution in [0.2, 0.25) is 0 Å². The quantitative estimate of drug-likeness (QED) is 0.710. The molecule has 0 amide bonds. The first-order valence-electron chi connectivity index (χ1n) is 4.75. The maximum atomic E-state index is 5.57. The van der Waals surface area contributed by atoms with Crippen LogP contribution in [0.4, 0.5) is 0 Å². The Morgan fingerprint density at radius 3 is 2.27 bits per heavy atom. The van der Waals surface area contributed by atoms with Crippen LogP contribution in [0.15, 0.2) is 54.6 Å². The average molecular weight is 219 g/mol. The van der Waals surface area contributed by atoms with Gasteiger partial charge in [0.15, 0.2) is 6.07 Å². The van der Waals surface area contributed by atoms with Gasteiger partial charge in [-0.2, -0.15) is 0 Å². The molecule has 0 aliphatic heterocycles. The number of halogens is 1. The lowest BCUT2D eigenvalue weighted by Crippen LogP contribution is -1.91. The first kappa shape index (κ1) is 10.1. The van der Waals surface area contributed by atoms with Crippen LogP contribution < -0.4 is 4.74 Å². The third-order valence-corrected chi connectivity index (χ3v) is 2.29. The highest BCUT2D eigenvalue weighted by atomic mass is 35.5. The molecule has 0 bridgehead atoms. The van der Waals surface area contributed by atoms with E-state index >= 15 is 0 Å². The summed E-state index contributed by atoms with van der Waals surface area (Å²) < 4.78 is 5.36. The van der Waals surface area contributed by atoms with E-state index in [0.29, 0.717) is 0 Å². The highest BCUT2D eigenvalue weighted by molar-refractivity contribution is 6.17. The molecule has 0 atom stereocenters. The molecule has 0 aliphatic rings. The lowest BCUT2D eigenvalue weighted by Gasteiger charge is -2.08. The van der Waals surface area contributed by atoms with Crippen LogP contribution in [-0.2, 0) is 0 Å². The molecule has 2 aromatic carbocycles. The van der Waals surface area contributed by atoms with E-state index in [1.54, 1.807) is 0 Å². The van der Waals surface area contributed by atoms with Gasteiger partial charge < -0.3 is 4.74 Å². The molecule has 0 saturated carbocycles. The molecule has 2 heteroatoms. The summed E-state index contributed by atoms with van der Waals surface area (Å²) >= 11 is 5.57. The Bertz CT molecular complexity index is 426. The number of benzene rings is 2. The number of hydrogen-bond donors (Lipinski definition) is 0. The zero-order valence-corrected chi connectivity index (χ0v) is 8.95. The molecular formula is C13H11ClO. The first-order chi connectivity index (χ1) is 7.42. The number of hydrogen-bond acceptors (Lipinski definition) is 1. The zero-order chi connectivity index (χ0) is 10.5. The van der Waals surface area contributed by atoms with Crippen molar-refractivity contribution in [2.45, 2.75) is 0 Å². The van der Waals surface area contributed by atoms with Crippen molar-refractivity contribution < 1.29 is 4.74 Å². The molecule has 0 aliphatic carbocycles. The fourth-order valence-electron chi connectivity index (χ4n) is 1.51. The summed E-state index contributed by atoms with van der Waals surface area (Å²) in [5, 5.41) is 0. The SMILES string of the molecule is ClCOc1ccccc1-c1ccccc1. The molecule has 0 fully saturated rings. The lowest BCUT2D eigenvalue weighted by molar-refractivity contribution is 0.389. The average Bonchev–Trinajstić information content (AvgIpc) is 2.31. The highest BCUT2D eigenvalue weighted by Crippen LogP contribution is 2.29. The van der Waals surface area contributed by atoms with E-state index in [9.17, 15) is 0 Å². The van der Waals surface area contributed by atoms with Gasteiger partial charge in [-0.1, -0.05) is 60.1 Å². The number of rotatable bonds is 3. The zero-order valence-electron chi connectivity index (χ0n) is 8.19. The van der Waals surface area contributed by atoms with Gasteiger partial charge in [-0.15, -0.1) is 0 Å². The predicted molar refractivity (Wildman–Crippen MR) is 63.2 cm³/mol. The van der Waals surface area contributed by atoms with Crippen molar-refractivity contribution >= 4 is 11.6 Å². The topological polar surface area (TPSA) is 9.23 Å². The summed E-state index contributed by atoms with van der Waals surface area (Å²) in [6.45, 7) is 0. The van der Waals surface area contributed by atoms with Gasteiger partial charge in [0.2, 0.25) is 0 Å². The summed E-state index contributed by atoms with van der Waals surface area (Å²) in [6.07, 6.45) is 0. The Morgan fingerprint density at radius 2 is 1.53 bits per heavy atom. The van der Waals surface area contributed by atoms with Crippen LogP contribution in [0.1, 0.15) is 0 Å². The summed E-state index contributed by atoms with van der Waals surface area (Å²) in [7, 11) is 0. The Morgan fingerprint density at radius 1 is 0.867 bits per heavy atom. The van der Waals surface area contributed by atoms with Crippen molar-refractivity contribution in [2.75, 3.05) is 6.07 Å². The number of para-hydroxylation sites is 1. The largest absolute Gasteiger partial charge is 0.477 e. The Hall–Kier alpha value is -1.47. The molecule has 0 N–H and O–H groups in total. The van der Waals surface area contributed by atoms with E-state index in [1.807, 2.05) is 42.5 Å². The van der Waals surface area contributed by atoms with Gasteiger partial charge in [0.1, 0.15) is 5.75 Å². The molecular weight excluding hydrogens is 208 g/mol. The molecule has 2 aromatic rings. The van der Waals surface area contributed by atoms with Crippen molar-refractivity contribution in [2.24, 2.45) is 0 Å². The smallest absolute Gasteiger partial charge is 0.162 e. The molecule has 76 valence electrons. The van der Waals surface area contributed by atoms with Crippen LogP contribution in [0, 0.1) is 0 Å². The normalized spacial score (nSPS) is 9.93. The van der Waals surface area contributed by atoms with Crippen molar-refractivity contribution in [3.63, 3.8) is 0 Å². The molecule has 1 nitrogen and oxygen atoms in total. The van der Waals surface area contributed by atoms with E-state index in [1.165, 1.54) is 0 Å². The minimum Gasteiger partial charge on any atom is -0.477 e. The van der Waals surface area contributed by atoms with Gasteiger partial charge in [-0.3, -0.25) is 0 Å². The van der Waals surface area contributed by atoms with Crippen LogP contribution in [-0.4, -0.2) is 6.07 Å². The van der Waals surface area contributed by atoms with Crippen LogP contribution in [0.25, 0.3) is 11.1 Å². The van der Waals surface area contributed by atoms with Gasteiger partial charge in [0, 0.05) is 5.56 Å². The number of ether oxygens (including phenoxy) is 1. The molecule has 2 rings (SSSR count). The van der Waals surface area contributed by atoms with E-state index in [-0.39, 0.29) is 6.07 Å². The third kappa shape index (κ3) is 2.31. The Labute approximate surface area is 94.3 Å². The maximum Gasteiger partial charge on any atom is 0.162 e. The minimum atomic E-state index is 0.170. The fourth-order valence-corrected chi connectivity index (χ4v) is 1.63. The first-order valence-corrected chi connectivity index (χ1v) is 5.28. The van der Waals surface area contributed by atoms with Gasteiger partial charge in [0.25, 0.3) is 0 Å². The second-order valence-electron chi connectivity index (χ2n) is 3.12. The lowest BCUT2D eigenvalue weighted by atomic mass is 10.1.